The third-order valence-corrected chi connectivity index (χ3v) is 6.97. The molecule has 1 aliphatic heterocycles. The summed E-state index contributed by atoms with van der Waals surface area (Å²) in [7, 11) is 0. The van der Waals surface area contributed by atoms with Gasteiger partial charge in [0.25, 0.3) is 5.91 Å². The molecule has 1 saturated heterocycles. The van der Waals surface area contributed by atoms with E-state index in [2.05, 4.69) is 51.3 Å². The molecule has 1 fully saturated rings. The molecule has 0 aliphatic carbocycles. The summed E-state index contributed by atoms with van der Waals surface area (Å²) in [5, 5.41) is 1.07. The lowest BCUT2D eigenvalue weighted by Crippen LogP contribution is -2.53. The van der Waals surface area contributed by atoms with E-state index in [1.54, 1.807) is 0 Å². The maximum absolute atomic E-state index is 13.4. The summed E-state index contributed by atoms with van der Waals surface area (Å²) in [4.78, 5) is 22.5. The summed E-state index contributed by atoms with van der Waals surface area (Å²) in [6, 6.07) is 14.2. The van der Waals surface area contributed by atoms with Gasteiger partial charge in [-0.3, -0.25) is 4.79 Å². The summed E-state index contributed by atoms with van der Waals surface area (Å²) in [5.74, 6) is 0.728. The van der Waals surface area contributed by atoms with Crippen molar-refractivity contribution in [2.24, 2.45) is 5.73 Å². The molecule has 0 saturated carbocycles. The van der Waals surface area contributed by atoms with E-state index in [0.717, 1.165) is 39.7 Å². The number of carbonyl (C=O) groups excluding carboxylic acids is 1. The van der Waals surface area contributed by atoms with Crippen LogP contribution in [-0.2, 0) is 11.3 Å². The number of piperazine rings is 1. The fraction of sp³-hybridized carbons (Fsp3) is 0.379. The number of aromatic nitrogens is 1. The molecule has 1 aromatic heterocycles. The van der Waals surface area contributed by atoms with Crippen LogP contribution in [0.2, 0.25) is 0 Å². The van der Waals surface area contributed by atoms with Crippen molar-refractivity contribution in [3.8, 4) is 11.3 Å². The Morgan fingerprint density at radius 1 is 1.14 bits per heavy atom. The van der Waals surface area contributed by atoms with Crippen LogP contribution in [0.5, 0.6) is 0 Å². The van der Waals surface area contributed by atoms with Gasteiger partial charge >= 0.3 is 0 Å². The lowest BCUT2D eigenvalue weighted by atomic mass is 9.97. The Kier molecular flexibility index (Phi) is 7.41. The SMILES string of the molecule is C=C(OCCC)N1CCN(C(=O)c2ccc3c(C)c(C)c(-c4ccc(CN)cc4)nc3c2)C[C@H]1C. The first-order valence-electron chi connectivity index (χ1n) is 12.4. The zero-order valence-corrected chi connectivity index (χ0v) is 21.3. The Bertz CT molecular complexity index is 1240. The predicted molar refractivity (Wildman–Crippen MR) is 142 cm³/mol. The smallest absolute Gasteiger partial charge is 0.254 e. The minimum Gasteiger partial charge on any atom is -0.479 e. The number of benzene rings is 2. The topological polar surface area (TPSA) is 71.7 Å². The van der Waals surface area contributed by atoms with Crippen molar-refractivity contribution in [3.63, 3.8) is 0 Å². The molecule has 1 atom stereocenters. The van der Waals surface area contributed by atoms with Crippen LogP contribution in [-0.4, -0.2) is 53.0 Å². The molecule has 3 aromatic rings. The fourth-order valence-electron chi connectivity index (χ4n) is 4.74. The maximum Gasteiger partial charge on any atom is 0.254 e. The van der Waals surface area contributed by atoms with Gasteiger partial charge in [0.15, 0.2) is 5.88 Å². The first kappa shape index (κ1) is 24.7. The van der Waals surface area contributed by atoms with Crippen molar-refractivity contribution < 1.29 is 9.53 Å². The van der Waals surface area contributed by atoms with Gasteiger partial charge in [0.2, 0.25) is 0 Å². The van der Waals surface area contributed by atoms with E-state index >= 15 is 0 Å². The number of hydrogen-bond acceptors (Lipinski definition) is 5. The zero-order valence-electron chi connectivity index (χ0n) is 21.3. The van der Waals surface area contributed by atoms with Crippen LogP contribution in [0.4, 0.5) is 0 Å². The van der Waals surface area contributed by atoms with Crippen molar-refractivity contribution in [1.82, 2.24) is 14.8 Å². The number of nitrogens with two attached hydrogens (primary N) is 1. The second-order valence-electron chi connectivity index (χ2n) is 9.38. The number of carbonyl (C=O) groups is 1. The van der Waals surface area contributed by atoms with Gasteiger partial charge in [0.05, 0.1) is 17.8 Å². The number of hydrogen-bond donors (Lipinski definition) is 1. The van der Waals surface area contributed by atoms with E-state index in [-0.39, 0.29) is 11.9 Å². The van der Waals surface area contributed by atoms with E-state index < -0.39 is 0 Å². The second-order valence-corrected chi connectivity index (χ2v) is 9.38. The summed E-state index contributed by atoms with van der Waals surface area (Å²) in [6.45, 7) is 15.6. The zero-order chi connectivity index (χ0) is 25.1. The molecule has 0 unspecified atom stereocenters. The number of amides is 1. The summed E-state index contributed by atoms with van der Waals surface area (Å²) in [5.41, 5.74) is 12.7. The highest BCUT2D eigenvalue weighted by atomic mass is 16.5. The molecular formula is C29H36N4O2. The third kappa shape index (κ3) is 5.03. The molecule has 2 heterocycles. The summed E-state index contributed by atoms with van der Waals surface area (Å²) >= 11 is 0. The van der Waals surface area contributed by atoms with Crippen molar-refractivity contribution in [3.05, 3.63) is 77.2 Å². The Hall–Kier alpha value is -3.38. The molecule has 6 nitrogen and oxygen atoms in total. The predicted octanol–water partition coefficient (Wildman–Crippen LogP) is 5.02. The largest absolute Gasteiger partial charge is 0.479 e. The average Bonchev–Trinajstić information content (AvgIpc) is 2.88. The Balaban J connectivity index is 1.58. The molecule has 2 aromatic carbocycles. The Morgan fingerprint density at radius 2 is 1.89 bits per heavy atom. The van der Waals surface area contributed by atoms with Crippen molar-refractivity contribution in [2.75, 3.05) is 26.2 Å². The molecule has 184 valence electrons. The molecule has 2 N–H and O–H groups in total. The van der Waals surface area contributed by atoms with Gasteiger partial charge in [0.1, 0.15) is 0 Å². The molecule has 0 bridgehead atoms. The van der Waals surface area contributed by atoms with Gasteiger partial charge in [-0.25, -0.2) is 4.98 Å². The number of aryl methyl sites for hydroxylation is 1. The molecule has 4 rings (SSSR count). The van der Waals surface area contributed by atoms with Gasteiger partial charge in [-0.15, -0.1) is 0 Å². The van der Waals surface area contributed by atoms with Crippen LogP contribution >= 0.6 is 0 Å². The standard InChI is InChI=1S/C29H36N4O2/c1-6-15-35-22(5)33-14-13-32(18-19(33)2)29(34)25-11-12-26-20(3)21(4)28(31-27(26)16-25)24-9-7-23(17-30)8-10-24/h7-12,16,19H,5-6,13-15,17-18,30H2,1-4H3/t19-/m1/s1. The van der Waals surface area contributed by atoms with Crippen LogP contribution < -0.4 is 5.73 Å². The van der Waals surface area contributed by atoms with E-state index in [1.165, 1.54) is 5.56 Å². The van der Waals surface area contributed by atoms with Gasteiger partial charge < -0.3 is 20.3 Å². The number of fused-ring (bicyclic) bond motifs is 1. The summed E-state index contributed by atoms with van der Waals surface area (Å²) in [6.07, 6.45) is 0.946. The number of ether oxygens (including phenoxy) is 1. The molecular weight excluding hydrogens is 436 g/mol. The van der Waals surface area contributed by atoms with Crippen molar-refractivity contribution in [1.29, 1.82) is 0 Å². The first-order chi connectivity index (χ1) is 16.8. The fourth-order valence-corrected chi connectivity index (χ4v) is 4.74. The lowest BCUT2D eigenvalue weighted by molar-refractivity contribution is 0.0328. The van der Waals surface area contributed by atoms with Crippen LogP contribution in [0.15, 0.2) is 54.9 Å². The first-order valence-corrected chi connectivity index (χ1v) is 12.4. The van der Waals surface area contributed by atoms with Gasteiger partial charge in [-0.05, 0) is 62.6 Å². The number of pyridine rings is 1. The summed E-state index contributed by atoms with van der Waals surface area (Å²) < 4.78 is 5.72. The quantitative estimate of drug-likeness (QED) is 0.489. The van der Waals surface area contributed by atoms with Gasteiger partial charge in [0, 0.05) is 48.7 Å². The highest BCUT2D eigenvalue weighted by molar-refractivity contribution is 5.99. The van der Waals surface area contributed by atoms with Crippen molar-refractivity contribution in [2.45, 2.75) is 46.7 Å². The average molecular weight is 473 g/mol. The van der Waals surface area contributed by atoms with Gasteiger partial charge in [-0.1, -0.05) is 37.3 Å². The highest BCUT2D eigenvalue weighted by Crippen LogP contribution is 2.30. The number of nitrogens with zero attached hydrogens (tertiary/aromatic N) is 3. The molecule has 1 amide bonds. The molecule has 35 heavy (non-hydrogen) atoms. The molecule has 6 heteroatoms. The monoisotopic (exact) mass is 472 g/mol. The van der Waals surface area contributed by atoms with E-state index in [1.807, 2.05) is 35.2 Å². The van der Waals surface area contributed by atoms with Crippen LogP contribution in [0.25, 0.3) is 22.2 Å². The van der Waals surface area contributed by atoms with Gasteiger partial charge in [-0.2, -0.15) is 0 Å². The second kappa shape index (κ2) is 10.5. The van der Waals surface area contributed by atoms with Crippen LogP contribution in [0.1, 0.15) is 47.3 Å². The molecule has 0 spiro atoms. The minimum absolute atomic E-state index is 0.0346. The minimum atomic E-state index is 0.0346. The molecule has 0 radical (unpaired) electrons. The van der Waals surface area contributed by atoms with Crippen LogP contribution in [0.3, 0.4) is 0 Å². The van der Waals surface area contributed by atoms with E-state index in [9.17, 15) is 4.79 Å². The third-order valence-electron chi connectivity index (χ3n) is 6.97. The number of rotatable bonds is 7. The Labute approximate surface area is 208 Å². The highest BCUT2D eigenvalue weighted by Gasteiger charge is 2.29. The Morgan fingerprint density at radius 3 is 2.54 bits per heavy atom. The normalized spacial score (nSPS) is 16.0. The molecule has 1 aliphatic rings. The van der Waals surface area contributed by atoms with E-state index in [4.69, 9.17) is 15.5 Å². The lowest BCUT2D eigenvalue weighted by Gasteiger charge is -2.41. The maximum atomic E-state index is 13.4. The van der Waals surface area contributed by atoms with Crippen molar-refractivity contribution >= 4 is 16.8 Å². The van der Waals surface area contributed by atoms with Crippen LogP contribution in [0, 0.1) is 13.8 Å². The van der Waals surface area contributed by atoms with E-state index in [0.29, 0.717) is 44.2 Å².